The largest absolute Gasteiger partial charge is 0.465 e. The third-order valence-corrected chi connectivity index (χ3v) is 5.58. The van der Waals surface area contributed by atoms with Gasteiger partial charge in [0.2, 0.25) is 5.88 Å². The van der Waals surface area contributed by atoms with Crippen LogP contribution in [-0.4, -0.2) is 24.1 Å². The number of ether oxygens (including phenoxy) is 1. The molecule has 152 valence electrons. The minimum Gasteiger partial charge on any atom is -0.465 e. The number of amides is 2. The minimum atomic E-state index is -0.575. The van der Waals surface area contributed by atoms with Crippen molar-refractivity contribution in [2.24, 2.45) is 0 Å². The van der Waals surface area contributed by atoms with Gasteiger partial charge in [-0.25, -0.2) is 14.6 Å². The van der Waals surface area contributed by atoms with Gasteiger partial charge in [0.1, 0.15) is 16.3 Å². The number of carbonyl (C=O) groups excluding carboxylic acids is 2. The molecular formula is C21H16ClN3O4S. The third-order valence-electron chi connectivity index (χ3n) is 4.29. The molecule has 0 saturated heterocycles. The van der Waals surface area contributed by atoms with Crippen molar-refractivity contribution >= 4 is 56.7 Å². The quantitative estimate of drug-likeness (QED) is 0.382. The number of furan rings is 1. The molecule has 2 amide bonds. The summed E-state index contributed by atoms with van der Waals surface area (Å²) in [4.78, 5) is 29.6. The Labute approximate surface area is 180 Å². The number of aromatic nitrogens is 1. The van der Waals surface area contributed by atoms with Crippen LogP contribution in [0, 0.1) is 6.92 Å². The SMILES string of the molecule is COC(=O)c1c(C)oc(NC(=O)Nc2cccc(Cl)c2)c1-c1nc2ccccc2s1. The summed E-state index contributed by atoms with van der Waals surface area (Å²) in [6, 6.07) is 13.8. The van der Waals surface area contributed by atoms with Gasteiger partial charge in [0.15, 0.2) is 0 Å². The Hall–Kier alpha value is -3.36. The van der Waals surface area contributed by atoms with Crippen LogP contribution in [-0.2, 0) is 4.74 Å². The molecule has 0 spiro atoms. The lowest BCUT2D eigenvalue weighted by Crippen LogP contribution is -2.19. The maximum Gasteiger partial charge on any atom is 0.342 e. The number of hydrogen-bond donors (Lipinski definition) is 2. The molecule has 2 heterocycles. The number of aryl methyl sites for hydroxylation is 1. The first-order valence-corrected chi connectivity index (χ1v) is 10.1. The Morgan fingerprint density at radius 3 is 2.67 bits per heavy atom. The van der Waals surface area contributed by atoms with Crippen molar-refractivity contribution in [2.45, 2.75) is 6.92 Å². The third kappa shape index (κ3) is 3.87. The number of rotatable bonds is 4. The summed E-state index contributed by atoms with van der Waals surface area (Å²) in [6.07, 6.45) is 0. The summed E-state index contributed by atoms with van der Waals surface area (Å²) in [6.45, 7) is 1.63. The second kappa shape index (κ2) is 8.17. The molecule has 2 aromatic heterocycles. The molecule has 4 aromatic rings. The number of benzene rings is 2. The molecule has 0 fully saturated rings. The smallest absolute Gasteiger partial charge is 0.342 e. The maximum absolute atomic E-state index is 12.6. The van der Waals surface area contributed by atoms with Gasteiger partial charge in [-0.15, -0.1) is 11.3 Å². The molecule has 0 bridgehead atoms. The van der Waals surface area contributed by atoms with Gasteiger partial charge in [-0.2, -0.15) is 0 Å². The van der Waals surface area contributed by atoms with Gasteiger partial charge in [-0.1, -0.05) is 29.8 Å². The Morgan fingerprint density at radius 1 is 1.13 bits per heavy atom. The Kier molecular flexibility index (Phi) is 5.43. The fraction of sp³-hybridized carbons (Fsp3) is 0.0952. The standard InChI is InChI=1S/C21H16ClN3O4S/c1-11-16(20(26)28-2)17(19-24-14-8-3-4-9-15(14)30-19)18(29-11)25-21(27)23-13-7-5-6-12(22)10-13/h3-10H,1-2H3,(H2,23,25,27). The lowest BCUT2D eigenvalue weighted by Gasteiger charge is -2.07. The molecule has 4 rings (SSSR count). The fourth-order valence-electron chi connectivity index (χ4n) is 3.00. The number of thiazole rings is 1. The number of fused-ring (bicyclic) bond motifs is 1. The molecule has 0 saturated carbocycles. The normalized spacial score (nSPS) is 10.8. The lowest BCUT2D eigenvalue weighted by atomic mass is 10.1. The number of esters is 1. The van der Waals surface area contributed by atoms with Crippen LogP contribution in [0.2, 0.25) is 5.02 Å². The Balaban J connectivity index is 1.74. The van der Waals surface area contributed by atoms with Crippen LogP contribution in [0.5, 0.6) is 0 Å². The van der Waals surface area contributed by atoms with E-state index >= 15 is 0 Å². The van der Waals surface area contributed by atoms with Gasteiger partial charge >= 0.3 is 12.0 Å². The number of urea groups is 1. The van der Waals surface area contributed by atoms with E-state index in [9.17, 15) is 9.59 Å². The van der Waals surface area contributed by atoms with E-state index < -0.39 is 12.0 Å². The number of para-hydroxylation sites is 1. The summed E-state index contributed by atoms with van der Waals surface area (Å²) in [7, 11) is 1.29. The van der Waals surface area contributed by atoms with Crippen molar-refractivity contribution < 1.29 is 18.7 Å². The van der Waals surface area contributed by atoms with Crippen molar-refractivity contribution in [1.29, 1.82) is 0 Å². The van der Waals surface area contributed by atoms with Crippen molar-refractivity contribution in [3.63, 3.8) is 0 Å². The van der Waals surface area contributed by atoms with E-state index in [-0.39, 0.29) is 11.4 Å². The average Bonchev–Trinajstić information content (AvgIpc) is 3.27. The Bertz CT molecular complexity index is 1230. The van der Waals surface area contributed by atoms with Crippen LogP contribution >= 0.6 is 22.9 Å². The molecule has 2 N–H and O–H groups in total. The number of carbonyl (C=O) groups is 2. The van der Waals surface area contributed by atoms with E-state index in [1.54, 1.807) is 31.2 Å². The number of hydrogen-bond acceptors (Lipinski definition) is 6. The van der Waals surface area contributed by atoms with E-state index in [0.29, 0.717) is 27.0 Å². The highest BCUT2D eigenvalue weighted by atomic mass is 35.5. The minimum absolute atomic E-state index is 0.103. The van der Waals surface area contributed by atoms with Gasteiger partial charge in [-0.3, -0.25) is 5.32 Å². The predicted molar refractivity (Wildman–Crippen MR) is 117 cm³/mol. The number of nitrogens with one attached hydrogen (secondary N) is 2. The number of anilines is 2. The topological polar surface area (TPSA) is 93.5 Å². The summed E-state index contributed by atoms with van der Waals surface area (Å²) < 4.78 is 11.6. The molecule has 0 atom stereocenters. The molecule has 9 heteroatoms. The van der Waals surface area contributed by atoms with Gasteiger partial charge in [0.05, 0.1) is 22.9 Å². The zero-order valence-corrected chi connectivity index (χ0v) is 17.6. The summed E-state index contributed by atoms with van der Waals surface area (Å²) in [5.74, 6) is -0.158. The lowest BCUT2D eigenvalue weighted by molar-refractivity contribution is 0.0599. The zero-order chi connectivity index (χ0) is 21.3. The molecule has 30 heavy (non-hydrogen) atoms. The average molecular weight is 442 g/mol. The summed E-state index contributed by atoms with van der Waals surface area (Å²) in [5.41, 5.74) is 1.89. The van der Waals surface area contributed by atoms with E-state index in [2.05, 4.69) is 15.6 Å². The zero-order valence-electron chi connectivity index (χ0n) is 16.0. The molecule has 0 unspecified atom stereocenters. The first-order chi connectivity index (χ1) is 14.5. The van der Waals surface area contributed by atoms with Crippen LogP contribution in [0.3, 0.4) is 0 Å². The van der Waals surface area contributed by atoms with Crippen molar-refractivity contribution in [3.05, 3.63) is 64.9 Å². The first-order valence-electron chi connectivity index (χ1n) is 8.87. The van der Waals surface area contributed by atoms with E-state index in [1.165, 1.54) is 18.4 Å². The Morgan fingerprint density at radius 2 is 1.93 bits per heavy atom. The molecule has 0 radical (unpaired) electrons. The fourth-order valence-corrected chi connectivity index (χ4v) is 4.20. The van der Waals surface area contributed by atoms with E-state index in [1.807, 2.05) is 24.3 Å². The first kappa shape index (κ1) is 19.9. The molecular weight excluding hydrogens is 426 g/mol. The van der Waals surface area contributed by atoms with Gasteiger partial charge in [0, 0.05) is 10.7 Å². The monoisotopic (exact) mass is 441 g/mol. The number of halogens is 1. The molecule has 0 aliphatic rings. The van der Waals surface area contributed by atoms with Crippen molar-refractivity contribution in [3.8, 4) is 10.6 Å². The molecule has 0 aliphatic carbocycles. The number of nitrogens with zero attached hydrogens (tertiary/aromatic N) is 1. The summed E-state index contributed by atoms with van der Waals surface area (Å²) >= 11 is 7.34. The number of methoxy groups -OCH3 is 1. The highest BCUT2D eigenvalue weighted by Crippen LogP contribution is 2.40. The van der Waals surface area contributed by atoms with Gasteiger partial charge in [0.25, 0.3) is 0 Å². The predicted octanol–water partition coefficient (Wildman–Crippen LogP) is 5.95. The second-order valence-corrected chi connectivity index (χ2v) is 7.77. The van der Waals surface area contributed by atoms with E-state index in [4.69, 9.17) is 20.8 Å². The summed E-state index contributed by atoms with van der Waals surface area (Å²) in [5, 5.41) is 6.37. The maximum atomic E-state index is 12.6. The molecule has 7 nitrogen and oxygen atoms in total. The molecule has 0 aliphatic heterocycles. The van der Waals surface area contributed by atoms with Crippen LogP contribution in [0.1, 0.15) is 16.1 Å². The highest BCUT2D eigenvalue weighted by Gasteiger charge is 2.28. The van der Waals surface area contributed by atoms with Crippen molar-refractivity contribution in [1.82, 2.24) is 4.98 Å². The molecule has 2 aromatic carbocycles. The van der Waals surface area contributed by atoms with Crippen LogP contribution in [0.15, 0.2) is 52.9 Å². The van der Waals surface area contributed by atoms with Crippen LogP contribution < -0.4 is 10.6 Å². The van der Waals surface area contributed by atoms with E-state index in [0.717, 1.165) is 10.2 Å². The van der Waals surface area contributed by atoms with Gasteiger partial charge in [-0.05, 0) is 37.3 Å². The van der Waals surface area contributed by atoms with Crippen LogP contribution in [0.25, 0.3) is 20.8 Å². The van der Waals surface area contributed by atoms with Crippen LogP contribution in [0.4, 0.5) is 16.4 Å². The second-order valence-electron chi connectivity index (χ2n) is 6.31. The highest BCUT2D eigenvalue weighted by molar-refractivity contribution is 7.21. The van der Waals surface area contributed by atoms with Gasteiger partial charge < -0.3 is 14.5 Å². The van der Waals surface area contributed by atoms with Crippen molar-refractivity contribution in [2.75, 3.05) is 17.7 Å².